The van der Waals surface area contributed by atoms with Crippen LogP contribution in [0.4, 0.5) is 0 Å². The van der Waals surface area contributed by atoms with Crippen LogP contribution in [0.15, 0.2) is 0 Å². The zero-order chi connectivity index (χ0) is 7.98. The Hall–Kier alpha value is 0. The third-order valence-electron chi connectivity index (χ3n) is 2.07. The summed E-state index contributed by atoms with van der Waals surface area (Å²) in [6, 6.07) is 0. The Kier molecular flexibility index (Phi) is 5.76. The highest BCUT2D eigenvalue weighted by molar-refractivity contribution is 4.77. The van der Waals surface area contributed by atoms with Gasteiger partial charge in [-0.25, -0.2) is 0 Å². The van der Waals surface area contributed by atoms with Gasteiger partial charge in [-0.3, -0.25) is 0 Å². The van der Waals surface area contributed by atoms with Crippen LogP contribution in [-0.4, -0.2) is 0 Å². The van der Waals surface area contributed by atoms with Crippen LogP contribution in [0.2, 0.25) is 0 Å². The number of hydrogen-bond donors (Lipinski definition) is 0. The van der Waals surface area contributed by atoms with Gasteiger partial charge in [-0.15, -0.1) is 0 Å². The molecule has 1 saturated carbocycles. The smallest absolute Gasteiger partial charge is 0.0386 e. The third-order valence-corrected chi connectivity index (χ3v) is 2.07. The van der Waals surface area contributed by atoms with Crippen LogP contribution in [0.25, 0.3) is 0 Å². The maximum absolute atomic E-state index is 4.02. The molecule has 0 aromatic carbocycles. The zero-order valence-corrected chi connectivity index (χ0v) is 7.40. The van der Waals surface area contributed by atoms with Crippen LogP contribution in [0.3, 0.4) is 0 Å². The van der Waals surface area contributed by atoms with Crippen LogP contribution in [0, 0.1) is 25.7 Å². The summed E-state index contributed by atoms with van der Waals surface area (Å²) in [4.78, 5) is 0. The second-order valence-electron chi connectivity index (χ2n) is 2.80. The van der Waals surface area contributed by atoms with Crippen molar-refractivity contribution in [1.82, 2.24) is 0 Å². The van der Waals surface area contributed by atoms with Crippen molar-refractivity contribution in [2.75, 3.05) is 0 Å². The van der Waals surface area contributed by atoms with Gasteiger partial charge in [0.05, 0.1) is 0 Å². The van der Waals surface area contributed by atoms with E-state index >= 15 is 0 Å². The van der Waals surface area contributed by atoms with Crippen molar-refractivity contribution in [2.45, 2.75) is 39.5 Å². The van der Waals surface area contributed by atoms with Gasteiger partial charge >= 0.3 is 0 Å². The van der Waals surface area contributed by atoms with Crippen LogP contribution in [-0.2, 0) is 0 Å². The summed E-state index contributed by atoms with van der Waals surface area (Å²) in [5.74, 6) is 1.28. The number of rotatable bonds is 0. The zero-order valence-electron chi connectivity index (χ0n) is 7.40. The molecule has 0 nitrogen and oxygen atoms in total. The SMILES string of the molecule is CC.[CH2]C1CCCCC1[CH2]. The molecule has 0 aromatic rings. The van der Waals surface area contributed by atoms with E-state index in [1.54, 1.807) is 0 Å². The normalized spacial score (nSPS) is 32.4. The molecule has 2 unspecified atom stereocenters. The quantitative estimate of drug-likeness (QED) is 0.483. The molecule has 10 heavy (non-hydrogen) atoms. The summed E-state index contributed by atoms with van der Waals surface area (Å²) in [7, 11) is 0. The van der Waals surface area contributed by atoms with Crippen LogP contribution >= 0.6 is 0 Å². The first kappa shape index (κ1) is 10.0. The molecule has 60 valence electrons. The van der Waals surface area contributed by atoms with E-state index in [2.05, 4.69) is 13.8 Å². The highest BCUT2D eigenvalue weighted by Crippen LogP contribution is 2.27. The lowest BCUT2D eigenvalue weighted by Gasteiger charge is -2.24. The van der Waals surface area contributed by atoms with Gasteiger partial charge < -0.3 is 0 Å². The van der Waals surface area contributed by atoms with Gasteiger partial charge in [-0.05, 0) is 25.7 Å². The Labute approximate surface area is 66.0 Å². The van der Waals surface area contributed by atoms with E-state index in [-0.39, 0.29) is 0 Å². The van der Waals surface area contributed by atoms with E-state index in [0.717, 1.165) is 0 Å². The molecule has 0 aromatic heterocycles. The van der Waals surface area contributed by atoms with Gasteiger partial charge in [0, 0.05) is 0 Å². The summed E-state index contributed by atoms with van der Waals surface area (Å²) in [6.45, 7) is 12.0. The highest BCUT2D eigenvalue weighted by atomic mass is 14.2. The standard InChI is InChI=1S/C8H14.C2H6/c1-7-5-3-4-6-8(7)2;1-2/h7-8H,1-6H2;1-2H3. The summed E-state index contributed by atoms with van der Waals surface area (Å²) in [6.07, 6.45) is 5.35. The minimum absolute atomic E-state index is 0.642. The van der Waals surface area contributed by atoms with Crippen LogP contribution in [0.1, 0.15) is 39.5 Å². The lowest BCUT2D eigenvalue weighted by atomic mass is 9.82. The van der Waals surface area contributed by atoms with Crippen molar-refractivity contribution >= 4 is 0 Å². The first-order valence-corrected chi connectivity index (χ1v) is 4.47. The molecule has 1 rings (SSSR count). The maximum Gasteiger partial charge on any atom is -0.0386 e. The predicted molar refractivity (Wildman–Crippen MR) is 47.5 cm³/mol. The molecule has 0 heteroatoms. The lowest BCUT2D eigenvalue weighted by Crippen LogP contribution is -2.13. The molecule has 0 saturated heterocycles. The van der Waals surface area contributed by atoms with E-state index in [1.165, 1.54) is 25.7 Å². The topological polar surface area (TPSA) is 0 Å². The Bertz CT molecular complexity index is 56.4. The molecule has 2 radical (unpaired) electrons. The van der Waals surface area contributed by atoms with Crippen LogP contribution in [0.5, 0.6) is 0 Å². The van der Waals surface area contributed by atoms with Gasteiger partial charge in [0.1, 0.15) is 0 Å². The first-order valence-electron chi connectivity index (χ1n) is 4.47. The van der Waals surface area contributed by atoms with Gasteiger partial charge in [0.2, 0.25) is 0 Å². The highest BCUT2D eigenvalue weighted by Gasteiger charge is 2.15. The summed E-state index contributed by atoms with van der Waals surface area (Å²) in [5.41, 5.74) is 0. The third kappa shape index (κ3) is 3.24. The molecule has 0 N–H and O–H groups in total. The minimum atomic E-state index is 0.642. The van der Waals surface area contributed by atoms with Crippen molar-refractivity contribution in [3.05, 3.63) is 13.8 Å². The molecular weight excluding hydrogens is 120 g/mol. The van der Waals surface area contributed by atoms with Crippen molar-refractivity contribution < 1.29 is 0 Å². The van der Waals surface area contributed by atoms with Crippen molar-refractivity contribution in [3.63, 3.8) is 0 Å². The Morgan fingerprint density at radius 3 is 1.40 bits per heavy atom. The molecule has 0 heterocycles. The Morgan fingerprint density at radius 1 is 0.900 bits per heavy atom. The first-order chi connectivity index (χ1) is 4.80. The molecule has 0 bridgehead atoms. The van der Waals surface area contributed by atoms with Crippen molar-refractivity contribution in [3.8, 4) is 0 Å². The van der Waals surface area contributed by atoms with Crippen molar-refractivity contribution in [2.24, 2.45) is 11.8 Å². The fourth-order valence-electron chi connectivity index (χ4n) is 1.28. The largest absolute Gasteiger partial charge is 0.0683 e. The molecule has 2 atom stereocenters. The molecule has 1 aliphatic carbocycles. The lowest BCUT2D eigenvalue weighted by molar-refractivity contribution is 0.332. The van der Waals surface area contributed by atoms with Crippen LogP contribution < -0.4 is 0 Å². The number of hydrogen-bond acceptors (Lipinski definition) is 0. The average Bonchev–Trinajstić information content (AvgIpc) is 2.00. The molecule has 1 fully saturated rings. The maximum atomic E-state index is 4.02. The average molecular weight is 140 g/mol. The van der Waals surface area contributed by atoms with E-state index in [1.807, 2.05) is 13.8 Å². The molecule has 0 spiro atoms. The van der Waals surface area contributed by atoms with Gasteiger partial charge in [0.25, 0.3) is 0 Å². The molecular formula is C10H20. The molecule has 0 aliphatic heterocycles. The monoisotopic (exact) mass is 140 g/mol. The Morgan fingerprint density at radius 2 is 1.20 bits per heavy atom. The summed E-state index contributed by atoms with van der Waals surface area (Å²) < 4.78 is 0. The fraction of sp³-hybridized carbons (Fsp3) is 0.800. The van der Waals surface area contributed by atoms with Crippen molar-refractivity contribution in [1.29, 1.82) is 0 Å². The van der Waals surface area contributed by atoms with E-state index < -0.39 is 0 Å². The summed E-state index contributed by atoms with van der Waals surface area (Å²) >= 11 is 0. The minimum Gasteiger partial charge on any atom is -0.0683 e. The van der Waals surface area contributed by atoms with E-state index in [0.29, 0.717) is 11.8 Å². The van der Waals surface area contributed by atoms with E-state index in [4.69, 9.17) is 0 Å². The second kappa shape index (κ2) is 5.76. The summed E-state index contributed by atoms with van der Waals surface area (Å²) in [5, 5.41) is 0. The fourth-order valence-corrected chi connectivity index (χ4v) is 1.28. The Balaban J connectivity index is 0.000000371. The van der Waals surface area contributed by atoms with Gasteiger partial charge in [0.15, 0.2) is 0 Å². The van der Waals surface area contributed by atoms with Gasteiger partial charge in [-0.1, -0.05) is 39.5 Å². The predicted octanol–water partition coefficient (Wildman–Crippen LogP) is 3.49. The van der Waals surface area contributed by atoms with Gasteiger partial charge in [-0.2, -0.15) is 0 Å². The van der Waals surface area contributed by atoms with E-state index in [9.17, 15) is 0 Å². The second-order valence-corrected chi connectivity index (χ2v) is 2.80. The molecule has 1 aliphatic rings. The molecule has 0 amide bonds.